The number of aromatic nitrogens is 3. The van der Waals surface area contributed by atoms with Gasteiger partial charge in [0.2, 0.25) is 11.8 Å². The van der Waals surface area contributed by atoms with Crippen LogP contribution in [0.2, 0.25) is 0 Å². The molecule has 0 unspecified atom stereocenters. The van der Waals surface area contributed by atoms with Gasteiger partial charge in [-0.1, -0.05) is 18.2 Å². The van der Waals surface area contributed by atoms with Gasteiger partial charge in [-0.3, -0.25) is 4.79 Å². The van der Waals surface area contributed by atoms with Crippen LogP contribution in [0.25, 0.3) is 10.9 Å². The Labute approximate surface area is 165 Å². The Bertz CT molecular complexity index is 974. The third-order valence-corrected chi connectivity index (χ3v) is 5.53. The smallest absolute Gasteiger partial charge is 0.227 e. The van der Waals surface area contributed by atoms with Gasteiger partial charge in [-0.2, -0.15) is 0 Å². The molecule has 28 heavy (non-hydrogen) atoms. The molecule has 1 aromatic carbocycles. The van der Waals surface area contributed by atoms with Gasteiger partial charge in [-0.15, -0.1) is 0 Å². The van der Waals surface area contributed by atoms with E-state index in [2.05, 4.69) is 32.9 Å². The Kier molecular flexibility index (Phi) is 5.28. The first-order chi connectivity index (χ1) is 13.6. The summed E-state index contributed by atoms with van der Waals surface area (Å²) in [4.78, 5) is 23.0. The summed E-state index contributed by atoms with van der Waals surface area (Å²) < 4.78 is 7.90. The molecule has 0 atom stereocenters. The molecule has 1 saturated heterocycles. The molecule has 146 valence electrons. The molecule has 6 nitrogen and oxygen atoms in total. The van der Waals surface area contributed by atoms with Crippen LogP contribution in [0.1, 0.15) is 24.1 Å². The highest BCUT2D eigenvalue weighted by atomic mass is 16.5. The molecule has 2 aromatic heterocycles. The number of fused-ring (bicyclic) bond motifs is 1. The highest BCUT2D eigenvalue weighted by molar-refractivity contribution is 5.89. The van der Waals surface area contributed by atoms with Crippen molar-refractivity contribution in [3.8, 4) is 5.88 Å². The van der Waals surface area contributed by atoms with Crippen LogP contribution in [-0.4, -0.2) is 45.0 Å². The van der Waals surface area contributed by atoms with Crippen molar-refractivity contribution < 1.29 is 9.53 Å². The molecule has 0 N–H and O–H groups in total. The number of ether oxygens (including phenoxy) is 1. The second kappa shape index (κ2) is 8.00. The van der Waals surface area contributed by atoms with Crippen molar-refractivity contribution in [3.63, 3.8) is 0 Å². The average Bonchev–Trinajstić information content (AvgIpc) is 3.03. The zero-order valence-corrected chi connectivity index (χ0v) is 16.5. The lowest BCUT2D eigenvalue weighted by molar-refractivity contribution is -0.132. The van der Waals surface area contributed by atoms with Gasteiger partial charge in [-0.25, -0.2) is 9.97 Å². The molecule has 0 saturated carbocycles. The minimum atomic E-state index is 0.210. The molecule has 1 amide bonds. The van der Waals surface area contributed by atoms with Crippen molar-refractivity contribution >= 4 is 16.8 Å². The summed E-state index contributed by atoms with van der Waals surface area (Å²) in [6.07, 6.45) is 5.99. The predicted molar refractivity (Wildman–Crippen MR) is 108 cm³/mol. The molecule has 1 aliphatic rings. The topological polar surface area (TPSA) is 60.2 Å². The number of nitrogens with zero attached hydrogens (tertiary/aromatic N) is 4. The second-order valence-corrected chi connectivity index (χ2v) is 7.59. The third-order valence-electron chi connectivity index (χ3n) is 5.53. The number of carbonyl (C=O) groups is 1. The van der Waals surface area contributed by atoms with Crippen molar-refractivity contribution in [1.82, 2.24) is 19.4 Å². The van der Waals surface area contributed by atoms with Crippen LogP contribution in [0.15, 0.2) is 42.9 Å². The van der Waals surface area contributed by atoms with Crippen LogP contribution in [0.5, 0.6) is 5.88 Å². The number of hydrogen-bond donors (Lipinski definition) is 0. The van der Waals surface area contributed by atoms with Crippen LogP contribution in [0, 0.1) is 12.8 Å². The summed E-state index contributed by atoms with van der Waals surface area (Å²) in [6, 6.07) is 10.1. The molecule has 0 spiro atoms. The fourth-order valence-corrected chi connectivity index (χ4v) is 3.90. The van der Waals surface area contributed by atoms with E-state index in [4.69, 9.17) is 4.74 Å². The summed E-state index contributed by atoms with van der Waals surface area (Å²) in [5, 5.41) is 1.17. The van der Waals surface area contributed by atoms with Crippen LogP contribution in [0.4, 0.5) is 0 Å². The Morgan fingerprint density at radius 1 is 1.21 bits per heavy atom. The summed E-state index contributed by atoms with van der Waals surface area (Å²) in [6.45, 7) is 4.15. The Morgan fingerprint density at radius 3 is 2.79 bits per heavy atom. The van der Waals surface area contributed by atoms with E-state index in [0.29, 0.717) is 24.8 Å². The molecular formula is C22H26N4O2. The largest absolute Gasteiger partial charge is 0.477 e. The number of likely N-dealkylation sites (tertiary alicyclic amines) is 1. The Balaban J connectivity index is 1.30. The molecule has 0 radical (unpaired) electrons. The highest BCUT2D eigenvalue weighted by Crippen LogP contribution is 2.23. The summed E-state index contributed by atoms with van der Waals surface area (Å²) >= 11 is 0. The van der Waals surface area contributed by atoms with E-state index in [9.17, 15) is 4.79 Å². The van der Waals surface area contributed by atoms with Gasteiger partial charge in [-0.05, 0) is 37.3 Å². The van der Waals surface area contributed by atoms with E-state index >= 15 is 0 Å². The van der Waals surface area contributed by atoms with Crippen molar-refractivity contribution in [2.45, 2.75) is 26.2 Å². The van der Waals surface area contributed by atoms with E-state index in [-0.39, 0.29) is 5.91 Å². The first-order valence-corrected chi connectivity index (χ1v) is 9.82. The van der Waals surface area contributed by atoms with E-state index < -0.39 is 0 Å². The first kappa shape index (κ1) is 18.5. The molecule has 3 heterocycles. The normalized spacial score (nSPS) is 15.1. The number of aryl methyl sites for hydroxylation is 2. The zero-order valence-electron chi connectivity index (χ0n) is 16.5. The van der Waals surface area contributed by atoms with Crippen molar-refractivity contribution in [2.24, 2.45) is 13.0 Å². The van der Waals surface area contributed by atoms with Gasteiger partial charge in [0.15, 0.2) is 0 Å². The highest BCUT2D eigenvalue weighted by Gasteiger charge is 2.24. The molecule has 0 aliphatic carbocycles. The maximum atomic E-state index is 12.8. The SMILES string of the molecule is Cc1cc(OCC2CCN(C(=O)Cc3cn(C)c4ccccc34)CC2)ncn1. The number of piperidine rings is 1. The first-order valence-electron chi connectivity index (χ1n) is 9.82. The number of amides is 1. The van der Waals surface area contributed by atoms with E-state index in [0.717, 1.165) is 37.2 Å². The molecular weight excluding hydrogens is 352 g/mol. The number of carbonyl (C=O) groups excluding carboxylic acids is 1. The summed E-state index contributed by atoms with van der Waals surface area (Å²) in [5.41, 5.74) is 3.17. The number of hydrogen-bond acceptors (Lipinski definition) is 4. The summed E-state index contributed by atoms with van der Waals surface area (Å²) in [5.74, 6) is 1.29. The standard InChI is InChI=1S/C22H26N4O2/c1-16-11-21(24-15-23-16)28-14-17-7-9-26(10-8-17)22(27)12-18-13-25(2)20-6-4-3-5-19(18)20/h3-6,11,13,15,17H,7-10,12,14H2,1-2H3. The maximum Gasteiger partial charge on any atom is 0.227 e. The molecule has 1 fully saturated rings. The van der Waals surface area contributed by atoms with Crippen molar-refractivity contribution in [1.29, 1.82) is 0 Å². The van der Waals surface area contributed by atoms with Crippen molar-refractivity contribution in [2.75, 3.05) is 19.7 Å². The molecule has 3 aromatic rings. The van der Waals surface area contributed by atoms with Gasteiger partial charge < -0.3 is 14.2 Å². The molecule has 1 aliphatic heterocycles. The monoisotopic (exact) mass is 378 g/mol. The minimum Gasteiger partial charge on any atom is -0.477 e. The van der Waals surface area contributed by atoms with Crippen LogP contribution < -0.4 is 4.74 Å². The Morgan fingerprint density at radius 2 is 2.00 bits per heavy atom. The number of para-hydroxylation sites is 1. The average molecular weight is 378 g/mol. The van der Waals surface area contributed by atoms with Gasteiger partial charge in [0, 0.05) is 49.0 Å². The Hall–Kier alpha value is -2.89. The van der Waals surface area contributed by atoms with E-state index in [1.54, 1.807) is 0 Å². The lowest BCUT2D eigenvalue weighted by Crippen LogP contribution is -2.40. The van der Waals surface area contributed by atoms with Gasteiger partial charge >= 0.3 is 0 Å². The van der Waals surface area contributed by atoms with E-state index in [1.807, 2.05) is 37.1 Å². The third kappa shape index (κ3) is 4.01. The van der Waals surface area contributed by atoms with Crippen LogP contribution >= 0.6 is 0 Å². The molecule has 0 bridgehead atoms. The van der Waals surface area contributed by atoms with Crippen LogP contribution in [0.3, 0.4) is 0 Å². The predicted octanol–water partition coefficient (Wildman–Crippen LogP) is 3.14. The van der Waals surface area contributed by atoms with Crippen LogP contribution in [-0.2, 0) is 18.3 Å². The second-order valence-electron chi connectivity index (χ2n) is 7.59. The zero-order chi connectivity index (χ0) is 19.5. The fourth-order valence-electron chi connectivity index (χ4n) is 3.90. The fraction of sp³-hybridized carbons (Fsp3) is 0.409. The maximum absolute atomic E-state index is 12.8. The molecule has 4 rings (SSSR count). The quantitative estimate of drug-likeness (QED) is 0.684. The van der Waals surface area contributed by atoms with Gasteiger partial charge in [0.05, 0.1) is 13.0 Å². The van der Waals surface area contributed by atoms with Gasteiger partial charge in [0.25, 0.3) is 0 Å². The summed E-state index contributed by atoms with van der Waals surface area (Å²) in [7, 11) is 2.03. The van der Waals surface area contributed by atoms with Crippen molar-refractivity contribution in [3.05, 3.63) is 54.1 Å². The lowest BCUT2D eigenvalue weighted by atomic mass is 9.97. The van der Waals surface area contributed by atoms with Gasteiger partial charge in [0.1, 0.15) is 6.33 Å². The number of benzene rings is 1. The minimum absolute atomic E-state index is 0.210. The molecule has 6 heteroatoms. The van der Waals surface area contributed by atoms with E-state index in [1.165, 1.54) is 17.2 Å². The lowest BCUT2D eigenvalue weighted by Gasteiger charge is -2.31. The number of rotatable bonds is 5.